The van der Waals surface area contributed by atoms with E-state index in [-0.39, 0.29) is 0 Å². The Balaban J connectivity index is 1.74. The van der Waals surface area contributed by atoms with Gasteiger partial charge in [0.1, 0.15) is 5.78 Å². The molecule has 0 saturated heterocycles. The quantitative estimate of drug-likeness (QED) is 0.605. The van der Waals surface area contributed by atoms with Crippen LogP contribution in [-0.2, 0) is 4.79 Å². The highest BCUT2D eigenvalue weighted by molar-refractivity contribution is 5.81. The molecule has 0 radical (unpaired) electrons. The van der Waals surface area contributed by atoms with Crippen LogP contribution < -0.4 is 0 Å². The van der Waals surface area contributed by atoms with Crippen molar-refractivity contribution in [2.24, 2.45) is 17.8 Å². The summed E-state index contributed by atoms with van der Waals surface area (Å²) in [6.07, 6.45) is 5.42. The first kappa shape index (κ1) is 8.98. The van der Waals surface area contributed by atoms with E-state index in [0.29, 0.717) is 11.7 Å². The molecule has 0 amide bonds. The smallest absolute Gasteiger partial charge is 0.136 e. The average Bonchev–Trinajstić information content (AvgIpc) is 2.69. The minimum Gasteiger partial charge on any atom is -0.299 e. The van der Waals surface area contributed by atoms with Crippen LogP contribution in [0.5, 0.6) is 0 Å². The lowest BCUT2D eigenvalue weighted by molar-refractivity contribution is -0.122. The van der Waals surface area contributed by atoms with Crippen LogP contribution in [0, 0.1) is 17.8 Å². The number of fused-ring (bicyclic) bond motifs is 1. The lowest BCUT2D eigenvalue weighted by Crippen LogP contribution is -2.12. The lowest BCUT2D eigenvalue weighted by atomic mass is 9.94. The Morgan fingerprint density at radius 3 is 2.38 bits per heavy atom. The summed E-state index contributed by atoms with van der Waals surface area (Å²) in [4.78, 5) is 11.7. The molecule has 2 atom stereocenters. The largest absolute Gasteiger partial charge is 0.299 e. The molecule has 2 fully saturated rings. The van der Waals surface area contributed by atoms with Crippen LogP contribution in [0.2, 0.25) is 0 Å². The van der Waals surface area contributed by atoms with Gasteiger partial charge in [0, 0.05) is 12.3 Å². The monoisotopic (exact) mass is 178 g/mol. The van der Waals surface area contributed by atoms with Crippen LogP contribution in [0.25, 0.3) is 0 Å². The van der Waals surface area contributed by atoms with E-state index in [1.807, 2.05) is 6.92 Å². The third kappa shape index (κ3) is 2.01. The average molecular weight is 178 g/mol. The highest BCUT2D eigenvalue weighted by Gasteiger charge is 2.47. The van der Waals surface area contributed by atoms with Crippen LogP contribution >= 0.6 is 0 Å². The Morgan fingerprint density at radius 2 is 1.85 bits per heavy atom. The first-order chi connectivity index (χ1) is 6.16. The van der Waals surface area contributed by atoms with Gasteiger partial charge in [-0.2, -0.15) is 0 Å². The summed E-state index contributed by atoms with van der Waals surface area (Å²) in [5.41, 5.74) is 1.14. The zero-order chi connectivity index (χ0) is 9.42. The molecule has 72 valence electrons. The molecule has 0 aromatic carbocycles. The summed E-state index contributed by atoms with van der Waals surface area (Å²) in [5.74, 6) is 2.77. The second kappa shape index (κ2) is 3.28. The number of carbonyl (C=O) groups is 1. The molecule has 0 heterocycles. The Bertz CT molecular complexity index is 232. The van der Waals surface area contributed by atoms with Crippen molar-refractivity contribution in [3.05, 3.63) is 12.2 Å². The Kier molecular flexibility index (Phi) is 2.27. The van der Waals surface area contributed by atoms with E-state index in [1.165, 1.54) is 19.3 Å². The number of allylic oxidation sites excluding steroid dienone is 1. The molecule has 2 unspecified atom stereocenters. The number of rotatable bonds is 4. The second-order valence-corrected chi connectivity index (χ2v) is 4.85. The Morgan fingerprint density at radius 1 is 1.23 bits per heavy atom. The topological polar surface area (TPSA) is 17.1 Å². The van der Waals surface area contributed by atoms with Crippen molar-refractivity contribution in [3.63, 3.8) is 0 Å². The zero-order valence-corrected chi connectivity index (χ0v) is 8.38. The highest BCUT2D eigenvalue weighted by atomic mass is 16.1. The summed E-state index contributed by atoms with van der Waals surface area (Å²) in [5, 5.41) is 0. The molecule has 0 aliphatic heterocycles. The molecular weight excluding hydrogens is 160 g/mol. The van der Waals surface area contributed by atoms with Crippen molar-refractivity contribution >= 4 is 5.78 Å². The van der Waals surface area contributed by atoms with Crippen LogP contribution in [0.3, 0.4) is 0 Å². The van der Waals surface area contributed by atoms with Gasteiger partial charge in [0.2, 0.25) is 0 Å². The Labute approximate surface area is 80.2 Å². The van der Waals surface area contributed by atoms with E-state index >= 15 is 0 Å². The predicted octanol–water partition coefficient (Wildman–Crippen LogP) is 2.96. The minimum absolute atomic E-state index is 0.420. The molecule has 0 aromatic heterocycles. The van der Waals surface area contributed by atoms with Crippen molar-refractivity contribution in [1.82, 2.24) is 0 Å². The predicted molar refractivity (Wildman–Crippen MR) is 53.4 cm³/mol. The fourth-order valence-electron chi connectivity index (χ4n) is 2.52. The highest BCUT2D eigenvalue weighted by Crippen LogP contribution is 2.54. The van der Waals surface area contributed by atoms with Gasteiger partial charge in [0.05, 0.1) is 0 Å². The molecule has 1 heteroatoms. The van der Waals surface area contributed by atoms with Crippen molar-refractivity contribution in [3.8, 4) is 0 Å². The van der Waals surface area contributed by atoms with E-state index in [9.17, 15) is 4.79 Å². The van der Waals surface area contributed by atoms with Gasteiger partial charge in [-0.1, -0.05) is 5.57 Å². The third-order valence-corrected chi connectivity index (χ3v) is 3.50. The molecule has 0 spiro atoms. The summed E-state index contributed by atoms with van der Waals surface area (Å²) in [7, 11) is 0. The number of hydrogen-bond donors (Lipinski definition) is 0. The maximum Gasteiger partial charge on any atom is 0.136 e. The molecule has 2 aliphatic rings. The van der Waals surface area contributed by atoms with Gasteiger partial charge in [-0.15, -0.1) is 6.58 Å². The van der Waals surface area contributed by atoms with Crippen molar-refractivity contribution in [2.45, 2.75) is 39.0 Å². The zero-order valence-electron chi connectivity index (χ0n) is 8.38. The first-order valence-corrected chi connectivity index (χ1v) is 5.34. The molecule has 0 N–H and O–H groups in total. The summed E-state index contributed by atoms with van der Waals surface area (Å²) < 4.78 is 0. The molecule has 13 heavy (non-hydrogen) atoms. The van der Waals surface area contributed by atoms with Gasteiger partial charge in [-0.3, -0.25) is 4.79 Å². The van der Waals surface area contributed by atoms with Gasteiger partial charge in [-0.25, -0.2) is 0 Å². The van der Waals surface area contributed by atoms with Crippen molar-refractivity contribution < 1.29 is 4.79 Å². The molecule has 2 saturated carbocycles. The van der Waals surface area contributed by atoms with Gasteiger partial charge in [-0.05, 0) is 44.4 Å². The minimum atomic E-state index is 0.420. The number of ketones is 1. The standard InChI is InChI=1S/C12H18O/c1-8(2)3-4-12(13)11-6-9-5-10(9)7-11/h9-11H,1,3-7H2,2H3. The number of Topliss-reactive ketones (excluding diaryl/α,β-unsaturated/α-hetero) is 1. The molecule has 0 bridgehead atoms. The van der Waals surface area contributed by atoms with Crippen molar-refractivity contribution in [1.29, 1.82) is 0 Å². The van der Waals surface area contributed by atoms with E-state index in [2.05, 4.69) is 6.58 Å². The van der Waals surface area contributed by atoms with E-state index in [4.69, 9.17) is 0 Å². The summed E-state index contributed by atoms with van der Waals surface area (Å²) in [6.45, 7) is 5.82. The third-order valence-electron chi connectivity index (χ3n) is 3.50. The van der Waals surface area contributed by atoms with Gasteiger partial charge < -0.3 is 0 Å². The SMILES string of the molecule is C=C(C)CCC(=O)C1CC2CC2C1. The maximum atomic E-state index is 11.7. The van der Waals surface area contributed by atoms with E-state index in [1.54, 1.807) is 0 Å². The normalized spacial score (nSPS) is 35.6. The lowest BCUT2D eigenvalue weighted by Gasteiger charge is -2.09. The number of hydrogen-bond acceptors (Lipinski definition) is 1. The summed E-state index contributed by atoms with van der Waals surface area (Å²) >= 11 is 0. The fraction of sp³-hybridized carbons (Fsp3) is 0.750. The number of carbonyl (C=O) groups excluding carboxylic acids is 1. The summed E-state index contributed by atoms with van der Waals surface area (Å²) in [6, 6.07) is 0. The van der Waals surface area contributed by atoms with E-state index in [0.717, 1.165) is 30.3 Å². The fourth-order valence-corrected chi connectivity index (χ4v) is 2.52. The van der Waals surface area contributed by atoms with Crippen LogP contribution in [0.4, 0.5) is 0 Å². The van der Waals surface area contributed by atoms with Crippen LogP contribution in [0.15, 0.2) is 12.2 Å². The molecular formula is C12H18O. The van der Waals surface area contributed by atoms with E-state index < -0.39 is 0 Å². The first-order valence-electron chi connectivity index (χ1n) is 5.34. The second-order valence-electron chi connectivity index (χ2n) is 4.85. The van der Waals surface area contributed by atoms with Crippen molar-refractivity contribution in [2.75, 3.05) is 0 Å². The molecule has 2 rings (SSSR count). The maximum absolute atomic E-state index is 11.7. The molecule has 0 aromatic rings. The van der Waals surface area contributed by atoms with Gasteiger partial charge in [0.15, 0.2) is 0 Å². The Hall–Kier alpha value is -0.590. The van der Waals surface area contributed by atoms with Crippen LogP contribution in [-0.4, -0.2) is 5.78 Å². The molecule has 2 aliphatic carbocycles. The van der Waals surface area contributed by atoms with Crippen LogP contribution in [0.1, 0.15) is 39.0 Å². The van der Waals surface area contributed by atoms with Gasteiger partial charge >= 0.3 is 0 Å². The van der Waals surface area contributed by atoms with Gasteiger partial charge in [0.25, 0.3) is 0 Å². The molecule has 1 nitrogen and oxygen atoms in total.